The second-order valence-corrected chi connectivity index (χ2v) is 6.53. The van der Waals surface area contributed by atoms with Gasteiger partial charge in [0.1, 0.15) is 0 Å². The third kappa shape index (κ3) is 4.68. The fraction of sp³-hybridized carbons (Fsp3) is 0.562. The van der Waals surface area contributed by atoms with E-state index in [9.17, 15) is 13.6 Å². The van der Waals surface area contributed by atoms with Crippen LogP contribution in [0.3, 0.4) is 0 Å². The molecule has 2 N–H and O–H groups in total. The zero-order valence-electron chi connectivity index (χ0n) is 12.7. The van der Waals surface area contributed by atoms with Crippen LogP contribution in [0.25, 0.3) is 0 Å². The van der Waals surface area contributed by atoms with Gasteiger partial charge in [0.15, 0.2) is 11.6 Å². The van der Waals surface area contributed by atoms with Gasteiger partial charge in [-0.05, 0) is 49.1 Å². The van der Waals surface area contributed by atoms with E-state index in [1.165, 1.54) is 6.07 Å². The predicted molar refractivity (Wildman–Crippen MR) is 86.1 cm³/mol. The molecule has 2 atom stereocenters. The topological polar surface area (TPSA) is 41.1 Å². The summed E-state index contributed by atoms with van der Waals surface area (Å²) in [5.74, 6) is -0.671. The Kier molecular flexibility index (Phi) is 6.64. The van der Waals surface area contributed by atoms with E-state index in [2.05, 4.69) is 10.6 Å². The molecule has 0 radical (unpaired) electrons. The van der Waals surface area contributed by atoms with Crippen LogP contribution >= 0.6 is 11.8 Å². The summed E-state index contributed by atoms with van der Waals surface area (Å²) in [4.78, 5) is 12.0. The van der Waals surface area contributed by atoms with Crippen LogP contribution in [0.15, 0.2) is 18.2 Å². The van der Waals surface area contributed by atoms with Crippen LogP contribution in [0.2, 0.25) is 0 Å². The lowest BCUT2D eigenvalue weighted by Crippen LogP contribution is -2.50. The average molecular weight is 328 g/mol. The zero-order chi connectivity index (χ0) is 15.9. The summed E-state index contributed by atoms with van der Waals surface area (Å²) >= 11 is 1.72. The number of carbonyl (C=O) groups is 1. The lowest BCUT2D eigenvalue weighted by molar-refractivity contribution is -0.122. The van der Waals surface area contributed by atoms with E-state index < -0.39 is 11.6 Å². The highest BCUT2D eigenvalue weighted by Gasteiger charge is 2.28. The first kappa shape index (κ1) is 17.2. The van der Waals surface area contributed by atoms with E-state index in [1.807, 2.05) is 6.26 Å². The highest BCUT2D eigenvalue weighted by Crippen LogP contribution is 2.27. The first-order valence-corrected chi connectivity index (χ1v) is 8.95. The minimum atomic E-state index is -0.838. The molecule has 0 bridgehead atoms. The first-order valence-electron chi connectivity index (χ1n) is 7.55. The van der Waals surface area contributed by atoms with E-state index in [1.54, 1.807) is 17.8 Å². The molecule has 1 fully saturated rings. The number of halogens is 2. The maximum atomic E-state index is 13.4. The lowest BCUT2D eigenvalue weighted by atomic mass is 9.86. The van der Waals surface area contributed by atoms with Crippen LogP contribution in [-0.4, -0.2) is 37.0 Å². The fourth-order valence-corrected chi connectivity index (χ4v) is 3.24. The molecular formula is C16H22F2N2OS. The molecule has 1 heterocycles. The van der Waals surface area contributed by atoms with Gasteiger partial charge in [-0.15, -0.1) is 0 Å². The van der Waals surface area contributed by atoms with Gasteiger partial charge >= 0.3 is 0 Å². The van der Waals surface area contributed by atoms with Crippen molar-refractivity contribution in [2.24, 2.45) is 0 Å². The molecule has 22 heavy (non-hydrogen) atoms. The molecule has 1 aliphatic heterocycles. The number of amides is 1. The number of hydrogen-bond acceptors (Lipinski definition) is 3. The van der Waals surface area contributed by atoms with Crippen molar-refractivity contribution in [1.82, 2.24) is 10.6 Å². The van der Waals surface area contributed by atoms with Gasteiger partial charge in [0.25, 0.3) is 0 Å². The number of hydrogen-bond donors (Lipinski definition) is 2. The molecule has 122 valence electrons. The standard InChI is InChI=1S/C16H22F2N2OS/c1-22-8-2-3-16(21)20-15-10-19-7-6-12(15)11-4-5-13(17)14(18)9-11/h4-5,9,12,15,19H,2-3,6-8,10H2,1H3,(H,20,21). The summed E-state index contributed by atoms with van der Waals surface area (Å²) in [5, 5.41) is 6.28. The number of carbonyl (C=O) groups excluding carboxylic acids is 1. The van der Waals surface area contributed by atoms with Crippen LogP contribution in [0.1, 0.15) is 30.7 Å². The van der Waals surface area contributed by atoms with Gasteiger partial charge < -0.3 is 10.6 Å². The quantitative estimate of drug-likeness (QED) is 0.789. The van der Waals surface area contributed by atoms with E-state index in [0.29, 0.717) is 13.0 Å². The molecule has 6 heteroatoms. The molecule has 3 nitrogen and oxygen atoms in total. The molecule has 1 aliphatic rings. The van der Waals surface area contributed by atoms with Crippen molar-refractivity contribution in [3.05, 3.63) is 35.4 Å². The Labute approximate surface area is 134 Å². The Hall–Kier alpha value is -1.14. The maximum absolute atomic E-state index is 13.4. The summed E-state index contributed by atoms with van der Waals surface area (Å²) in [7, 11) is 0. The van der Waals surface area contributed by atoms with Gasteiger partial charge in [-0.25, -0.2) is 8.78 Å². The predicted octanol–water partition coefficient (Wildman–Crippen LogP) is 2.67. The highest BCUT2D eigenvalue weighted by atomic mass is 32.2. The molecule has 0 aliphatic carbocycles. The number of thioether (sulfide) groups is 1. The van der Waals surface area contributed by atoms with Crippen molar-refractivity contribution < 1.29 is 13.6 Å². The van der Waals surface area contributed by atoms with Crippen molar-refractivity contribution >= 4 is 17.7 Å². The molecule has 0 saturated carbocycles. The molecule has 1 aromatic carbocycles. The smallest absolute Gasteiger partial charge is 0.220 e. The first-order chi connectivity index (χ1) is 10.6. The Morgan fingerprint density at radius 3 is 2.95 bits per heavy atom. The molecule has 1 saturated heterocycles. The van der Waals surface area contributed by atoms with E-state index in [4.69, 9.17) is 0 Å². The summed E-state index contributed by atoms with van der Waals surface area (Å²) in [6.45, 7) is 1.46. The zero-order valence-corrected chi connectivity index (χ0v) is 13.5. The third-order valence-electron chi connectivity index (χ3n) is 3.95. The minimum absolute atomic E-state index is 0.0147. The van der Waals surface area contributed by atoms with Crippen molar-refractivity contribution in [3.63, 3.8) is 0 Å². The summed E-state index contributed by atoms with van der Waals surface area (Å²) < 4.78 is 26.5. The third-order valence-corrected chi connectivity index (χ3v) is 4.65. The summed E-state index contributed by atoms with van der Waals surface area (Å²) in [6.07, 6.45) is 4.16. The van der Waals surface area contributed by atoms with Gasteiger partial charge in [-0.1, -0.05) is 6.07 Å². The highest BCUT2D eigenvalue weighted by molar-refractivity contribution is 7.98. The van der Waals surface area contributed by atoms with E-state index in [-0.39, 0.29) is 17.9 Å². The Morgan fingerprint density at radius 2 is 2.23 bits per heavy atom. The van der Waals surface area contributed by atoms with E-state index in [0.717, 1.165) is 36.8 Å². The van der Waals surface area contributed by atoms with Gasteiger partial charge in [0, 0.05) is 24.9 Å². The van der Waals surface area contributed by atoms with Gasteiger partial charge in [0.05, 0.1) is 0 Å². The normalized spacial score (nSPS) is 21.6. The van der Waals surface area contributed by atoms with Crippen molar-refractivity contribution in [1.29, 1.82) is 0 Å². The van der Waals surface area contributed by atoms with Crippen LogP contribution in [-0.2, 0) is 4.79 Å². The largest absolute Gasteiger partial charge is 0.351 e. The molecule has 1 amide bonds. The molecule has 2 rings (SSSR count). The number of piperidine rings is 1. The number of rotatable bonds is 6. The van der Waals surface area contributed by atoms with Crippen molar-refractivity contribution in [3.8, 4) is 0 Å². The molecule has 1 aromatic rings. The number of nitrogens with one attached hydrogen (secondary N) is 2. The molecular weight excluding hydrogens is 306 g/mol. The Balaban J connectivity index is 2.01. The second-order valence-electron chi connectivity index (χ2n) is 5.54. The Bertz CT molecular complexity index is 513. The number of benzene rings is 1. The van der Waals surface area contributed by atoms with Crippen LogP contribution in [0.4, 0.5) is 8.78 Å². The van der Waals surface area contributed by atoms with Crippen molar-refractivity contribution in [2.75, 3.05) is 25.1 Å². The second kappa shape index (κ2) is 8.48. The summed E-state index contributed by atoms with van der Waals surface area (Å²) in [6, 6.07) is 3.93. The minimum Gasteiger partial charge on any atom is -0.351 e. The SMILES string of the molecule is CSCCCC(=O)NC1CNCCC1c1ccc(F)c(F)c1. The van der Waals surface area contributed by atoms with Crippen LogP contribution < -0.4 is 10.6 Å². The van der Waals surface area contributed by atoms with Crippen molar-refractivity contribution in [2.45, 2.75) is 31.2 Å². The molecule has 0 spiro atoms. The van der Waals surface area contributed by atoms with E-state index >= 15 is 0 Å². The average Bonchev–Trinajstić information content (AvgIpc) is 2.51. The van der Waals surface area contributed by atoms with Gasteiger partial charge in [0.2, 0.25) is 5.91 Å². The molecule has 0 aromatic heterocycles. The van der Waals surface area contributed by atoms with Crippen LogP contribution in [0.5, 0.6) is 0 Å². The van der Waals surface area contributed by atoms with Gasteiger partial charge in [-0.3, -0.25) is 4.79 Å². The monoisotopic (exact) mass is 328 g/mol. The maximum Gasteiger partial charge on any atom is 0.220 e. The Morgan fingerprint density at radius 1 is 1.41 bits per heavy atom. The van der Waals surface area contributed by atoms with Crippen LogP contribution in [0, 0.1) is 11.6 Å². The van der Waals surface area contributed by atoms with Gasteiger partial charge in [-0.2, -0.15) is 11.8 Å². The lowest BCUT2D eigenvalue weighted by Gasteiger charge is -2.33. The fourth-order valence-electron chi connectivity index (χ4n) is 2.81. The molecule has 2 unspecified atom stereocenters. The summed E-state index contributed by atoms with van der Waals surface area (Å²) in [5.41, 5.74) is 0.745.